The van der Waals surface area contributed by atoms with Crippen molar-refractivity contribution in [1.29, 1.82) is 0 Å². The lowest BCUT2D eigenvalue weighted by molar-refractivity contribution is -0.176. The molecule has 0 fully saturated rings. The molecule has 2 rings (SSSR count). The van der Waals surface area contributed by atoms with E-state index in [1.54, 1.807) is 24.3 Å². The second-order valence-corrected chi connectivity index (χ2v) is 7.69. The maximum absolute atomic E-state index is 12.9. The molecule has 0 atom stereocenters. The molecule has 1 N–H and O–H groups in total. The number of benzene rings is 2. The lowest BCUT2D eigenvalue weighted by Crippen LogP contribution is -2.45. The van der Waals surface area contributed by atoms with Crippen LogP contribution in [0, 0.1) is 5.41 Å². The molecule has 0 aromatic heterocycles. The minimum Gasteiger partial charge on any atom is -0.481 e. The molecule has 0 radical (unpaired) electrons. The number of carboxylic acid groups (broad SMARTS) is 1. The molecule has 164 valence electrons. The van der Waals surface area contributed by atoms with Crippen molar-refractivity contribution in [2.24, 2.45) is 5.41 Å². The number of esters is 2. The molecule has 0 heterocycles. The summed E-state index contributed by atoms with van der Waals surface area (Å²) < 4.78 is 10.8. The van der Waals surface area contributed by atoms with E-state index in [1.165, 1.54) is 13.8 Å². The second-order valence-electron chi connectivity index (χ2n) is 6.78. The molecule has 0 saturated heterocycles. The fraction of sp³-hybridized carbons (Fsp3) is 0.304. The molecular formula is C23H23BrO7. The van der Waals surface area contributed by atoms with Gasteiger partial charge < -0.3 is 14.6 Å². The van der Waals surface area contributed by atoms with Gasteiger partial charge in [0.05, 0.1) is 19.6 Å². The Morgan fingerprint density at radius 1 is 0.806 bits per heavy atom. The molecule has 7 nitrogen and oxygen atoms in total. The van der Waals surface area contributed by atoms with Gasteiger partial charge in [-0.25, -0.2) is 0 Å². The lowest BCUT2D eigenvalue weighted by Gasteiger charge is -2.27. The molecule has 2 aromatic rings. The van der Waals surface area contributed by atoms with Crippen LogP contribution in [-0.2, 0) is 23.9 Å². The van der Waals surface area contributed by atoms with Crippen LogP contribution in [-0.4, -0.2) is 42.0 Å². The van der Waals surface area contributed by atoms with Gasteiger partial charge in [0.25, 0.3) is 0 Å². The SMILES string of the molecule is CCOC(=O)C(CC(=O)O)(CC(=O)c1ccc(-c2ccc(Br)cc2)cc1)C(=O)OCC. The van der Waals surface area contributed by atoms with Crippen molar-refractivity contribution in [3.8, 4) is 11.1 Å². The number of aliphatic carboxylic acids is 1. The first-order valence-electron chi connectivity index (χ1n) is 9.69. The number of carbonyl (C=O) groups excluding carboxylic acids is 3. The molecular weight excluding hydrogens is 468 g/mol. The van der Waals surface area contributed by atoms with E-state index in [4.69, 9.17) is 9.47 Å². The number of ketones is 1. The third-order valence-corrected chi connectivity index (χ3v) is 5.16. The zero-order valence-corrected chi connectivity index (χ0v) is 18.8. The van der Waals surface area contributed by atoms with Crippen LogP contribution in [0.25, 0.3) is 11.1 Å². The second kappa shape index (κ2) is 10.9. The van der Waals surface area contributed by atoms with Gasteiger partial charge in [-0.1, -0.05) is 52.3 Å². The summed E-state index contributed by atoms with van der Waals surface area (Å²) >= 11 is 3.38. The van der Waals surface area contributed by atoms with Crippen LogP contribution in [0.3, 0.4) is 0 Å². The Hall–Kier alpha value is -3.00. The molecule has 0 aliphatic rings. The standard InChI is InChI=1S/C23H23BrO7/c1-3-30-21(28)23(14-20(26)27,22(29)31-4-2)13-19(25)17-7-5-15(6-8-17)16-9-11-18(24)12-10-16/h5-12H,3-4,13-14H2,1-2H3,(H,26,27). The van der Waals surface area contributed by atoms with E-state index in [1.807, 2.05) is 24.3 Å². The Bertz CT molecular complexity index is 931. The Labute approximate surface area is 188 Å². The van der Waals surface area contributed by atoms with Crippen molar-refractivity contribution in [3.63, 3.8) is 0 Å². The number of hydrogen-bond acceptors (Lipinski definition) is 6. The van der Waals surface area contributed by atoms with E-state index in [9.17, 15) is 24.3 Å². The highest BCUT2D eigenvalue weighted by atomic mass is 79.9. The lowest BCUT2D eigenvalue weighted by atomic mass is 9.78. The van der Waals surface area contributed by atoms with Gasteiger partial charge in [-0.2, -0.15) is 0 Å². The van der Waals surface area contributed by atoms with Crippen molar-refractivity contribution >= 4 is 39.6 Å². The average Bonchev–Trinajstić information content (AvgIpc) is 2.73. The van der Waals surface area contributed by atoms with E-state index < -0.39 is 41.9 Å². The highest BCUT2D eigenvalue weighted by Crippen LogP contribution is 2.33. The van der Waals surface area contributed by atoms with E-state index in [0.29, 0.717) is 0 Å². The predicted octanol–water partition coefficient (Wildman–Crippen LogP) is 4.28. The molecule has 0 amide bonds. The van der Waals surface area contributed by atoms with Crippen LogP contribution in [0.5, 0.6) is 0 Å². The fourth-order valence-electron chi connectivity index (χ4n) is 3.10. The molecule has 31 heavy (non-hydrogen) atoms. The summed E-state index contributed by atoms with van der Waals surface area (Å²) in [4.78, 5) is 49.6. The van der Waals surface area contributed by atoms with Crippen molar-refractivity contribution in [3.05, 3.63) is 58.6 Å². The van der Waals surface area contributed by atoms with Crippen LogP contribution in [0.2, 0.25) is 0 Å². The first kappa shape index (κ1) is 24.3. The maximum Gasteiger partial charge on any atom is 0.324 e. The molecule has 0 bridgehead atoms. The van der Waals surface area contributed by atoms with Crippen LogP contribution in [0.15, 0.2) is 53.0 Å². The van der Waals surface area contributed by atoms with Crippen LogP contribution in [0.1, 0.15) is 37.0 Å². The molecule has 0 aliphatic heterocycles. The van der Waals surface area contributed by atoms with E-state index in [2.05, 4.69) is 15.9 Å². The Balaban J connectivity index is 2.35. The Morgan fingerprint density at radius 3 is 1.68 bits per heavy atom. The average molecular weight is 491 g/mol. The summed E-state index contributed by atoms with van der Waals surface area (Å²) in [5, 5.41) is 9.32. The minimum absolute atomic E-state index is 0.0737. The van der Waals surface area contributed by atoms with Gasteiger partial charge in [-0.05, 0) is 37.1 Å². The van der Waals surface area contributed by atoms with Crippen LogP contribution in [0.4, 0.5) is 0 Å². The third kappa shape index (κ3) is 6.01. The van der Waals surface area contributed by atoms with Crippen molar-refractivity contribution < 1.29 is 33.8 Å². The fourth-order valence-corrected chi connectivity index (χ4v) is 3.36. The van der Waals surface area contributed by atoms with Gasteiger partial charge in [0.1, 0.15) is 0 Å². The quantitative estimate of drug-likeness (QED) is 0.300. The zero-order valence-electron chi connectivity index (χ0n) is 17.2. The summed E-state index contributed by atoms with van der Waals surface area (Å²) in [6, 6.07) is 14.2. The molecule has 0 saturated carbocycles. The molecule has 0 aliphatic carbocycles. The van der Waals surface area contributed by atoms with Crippen molar-refractivity contribution in [1.82, 2.24) is 0 Å². The molecule has 8 heteroatoms. The molecule has 0 unspecified atom stereocenters. The number of hydrogen-bond donors (Lipinski definition) is 1. The normalized spacial score (nSPS) is 10.9. The van der Waals surface area contributed by atoms with Crippen LogP contribution < -0.4 is 0 Å². The summed E-state index contributed by atoms with van der Waals surface area (Å²) in [7, 11) is 0. The number of carboxylic acids is 1. The number of carbonyl (C=O) groups is 4. The zero-order chi connectivity index (χ0) is 23.0. The number of ether oxygens (including phenoxy) is 2. The molecule has 2 aromatic carbocycles. The van der Waals surface area contributed by atoms with Crippen LogP contribution >= 0.6 is 15.9 Å². The number of Topliss-reactive ketones (excluding diaryl/α,β-unsaturated/α-hetero) is 1. The van der Waals surface area contributed by atoms with E-state index in [-0.39, 0.29) is 18.8 Å². The van der Waals surface area contributed by atoms with Crippen molar-refractivity contribution in [2.45, 2.75) is 26.7 Å². The summed E-state index contributed by atoms with van der Waals surface area (Å²) in [5.41, 5.74) is -0.194. The smallest absolute Gasteiger partial charge is 0.324 e. The van der Waals surface area contributed by atoms with Gasteiger partial charge in [-0.3, -0.25) is 19.2 Å². The minimum atomic E-state index is -2.25. The Kier molecular flexibility index (Phi) is 8.50. The Morgan fingerprint density at radius 2 is 1.26 bits per heavy atom. The predicted molar refractivity (Wildman–Crippen MR) is 116 cm³/mol. The van der Waals surface area contributed by atoms with E-state index >= 15 is 0 Å². The summed E-state index contributed by atoms with van der Waals surface area (Å²) in [5.74, 6) is -4.16. The van der Waals surface area contributed by atoms with Gasteiger partial charge in [0.15, 0.2) is 11.2 Å². The largest absolute Gasteiger partial charge is 0.481 e. The highest BCUT2D eigenvalue weighted by Gasteiger charge is 2.52. The maximum atomic E-state index is 12.9. The van der Waals surface area contributed by atoms with Gasteiger partial charge in [0, 0.05) is 16.5 Å². The monoisotopic (exact) mass is 490 g/mol. The van der Waals surface area contributed by atoms with Gasteiger partial charge in [-0.15, -0.1) is 0 Å². The van der Waals surface area contributed by atoms with Crippen molar-refractivity contribution in [2.75, 3.05) is 13.2 Å². The van der Waals surface area contributed by atoms with E-state index in [0.717, 1.165) is 15.6 Å². The summed E-state index contributed by atoms with van der Waals surface area (Å²) in [6.45, 7) is 2.90. The van der Waals surface area contributed by atoms with Gasteiger partial charge in [0.2, 0.25) is 0 Å². The topological polar surface area (TPSA) is 107 Å². The number of rotatable bonds is 10. The first-order chi connectivity index (χ1) is 14.7. The summed E-state index contributed by atoms with van der Waals surface area (Å²) in [6.07, 6.45) is -1.58. The van der Waals surface area contributed by atoms with Gasteiger partial charge >= 0.3 is 17.9 Å². The molecule has 0 spiro atoms. The number of halogens is 1. The first-order valence-corrected chi connectivity index (χ1v) is 10.5. The highest BCUT2D eigenvalue weighted by molar-refractivity contribution is 9.10. The third-order valence-electron chi connectivity index (χ3n) is 4.63.